The summed E-state index contributed by atoms with van der Waals surface area (Å²) >= 11 is 0. The number of nitrogens with zero attached hydrogens (tertiary/aromatic N) is 2. The van der Waals surface area contributed by atoms with Crippen LogP contribution in [-0.2, 0) is 0 Å². The van der Waals surface area contributed by atoms with E-state index in [0.717, 1.165) is 0 Å². The first kappa shape index (κ1) is 26.5. The second kappa shape index (κ2) is 11.6. The molecule has 1 aliphatic rings. The van der Waals surface area contributed by atoms with Gasteiger partial charge in [-0.25, -0.2) is 0 Å². The van der Waals surface area contributed by atoms with E-state index in [1.807, 2.05) is 0 Å². The zero-order valence-corrected chi connectivity index (χ0v) is 21.9. The van der Waals surface area contributed by atoms with Gasteiger partial charge in [0.25, 0.3) is 5.91 Å². The lowest BCUT2D eigenvalue weighted by Crippen LogP contribution is -2.46. The molecule has 1 saturated heterocycles. The van der Waals surface area contributed by atoms with Crippen molar-refractivity contribution in [2.45, 2.75) is 6.42 Å². The minimum atomic E-state index is -0.482. The molecule has 0 unspecified atom stereocenters. The Labute approximate surface area is 222 Å². The van der Waals surface area contributed by atoms with Gasteiger partial charge in [-0.15, -0.1) is 0 Å². The van der Waals surface area contributed by atoms with E-state index >= 15 is 0 Å². The van der Waals surface area contributed by atoms with Gasteiger partial charge in [-0.2, -0.15) is 0 Å². The summed E-state index contributed by atoms with van der Waals surface area (Å²) in [6.45, 7) is 0.941. The highest BCUT2D eigenvalue weighted by atomic mass is 16.5. The zero-order chi connectivity index (χ0) is 27.2. The Hall–Kier alpha value is -4.59. The molecule has 0 aliphatic carbocycles. The summed E-state index contributed by atoms with van der Waals surface area (Å²) in [6.07, 6.45) is 0.683. The molecule has 0 atom stereocenters. The monoisotopic (exact) mass is 514 g/mol. The molecule has 0 bridgehead atoms. The summed E-state index contributed by atoms with van der Waals surface area (Å²) in [5, 5.41) is 0. The number of allylic oxidation sites excluding steroid dienone is 1. The average Bonchev–Trinajstić information content (AvgIpc) is 2.97. The fourth-order valence-corrected chi connectivity index (χ4v) is 4.38. The van der Waals surface area contributed by atoms with Gasteiger partial charge in [0, 0.05) is 36.8 Å². The Morgan fingerprint density at radius 2 is 1.00 bits per heavy atom. The summed E-state index contributed by atoms with van der Waals surface area (Å²) in [5.41, 5.74) is 0.966. The number of benzene rings is 3. The van der Waals surface area contributed by atoms with Gasteiger partial charge in [-0.05, 0) is 79.2 Å². The number of hydrogen-bond acceptors (Lipinski definition) is 7. The minimum absolute atomic E-state index is 0.0793. The van der Waals surface area contributed by atoms with Crippen LogP contribution in [0.1, 0.15) is 37.5 Å². The van der Waals surface area contributed by atoms with E-state index in [1.54, 1.807) is 91.9 Å². The Morgan fingerprint density at radius 3 is 1.39 bits per heavy atom. The fraction of sp³-hybridized carbons (Fsp3) is 0.233. The molecule has 1 heterocycles. The summed E-state index contributed by atoms with van der Waals surface area (Å²) < 4.78 is 15.7. The second-order valence-corrected chi connectivity index (χ2v) is 8.77. The maximum Gasteiger partial charge on any atom is 0.259 e. The number of carbonyl (C=O) groups is 3. The topological polar surface area (TPSA) is 85.4 Å². The lowest BCUT2D eigenvalue weighted by Gasteiger charge is -2.38. The third-order valence-corrected chi connectivity index (χ3v) is 6.46. The highest BCUT2D eigenvalue weighted by molar-refractivity contribution is 6.31. The number of rotatable bonds is 8. The van der Waals surface area contributed by atoms with Crippen LogP contribution in [0.25, 0.3) is 0 Å². The molecule has 0 aromatic heterocycles. The van der Waals surface area contributed by atoms with Crippen molar-refractivity contribution in [2.24, 2.45) is 0 Å². The Kier molecular flexibility index (Phi) is 8.11. The van der Waals surface area contributed by atoms with Crippen LogP contribution < -0.4 is 14.2 Å². The molecule has 196 valence electrons. The van der Waals surface area contributed by atoms with Crippen molar-refractivity contribution in [3.8, 4) is 17.2 Å². The predicted molar refractivity (Wildman–Crippen MR) is 143 cm³/mol. The predicted octanol–water partition coefficient (Wildman–Crippen LogP) is 4.47. The molecule has 0 saturated carbocycles. The van der Waals surface area contributed by atoms with Gasteiger partial charge in [0.15, 0.2) is 0 Å². The van der Waals surface area contributed by atoms with Crippen LogP contribution in [0.15, 0.2) is 84.2 Å². The molecular formula is C30H30N2O6. The number of carbonyl (C=O) groups excluding carboxylic acids is 3. The normalized spacial score (nSPS) is 13.1. The standard InChI is InChI=1S/C30H30N2O6/c1-31-18-5-19-32(30(35)22-10-16-25(38-4)17-11-22)29(31)26(27(33)20-6-12-23(36-2)13-7-20)28(34)21-8-14-24(37-3)15-9-21/h6-17H,5,18-19H2,1-4H3. The molecule has 0 spiro atoms. The van der Waals surface area contributed by atoms with Crippen molar-refractivity contribution in [1.29, 1.82) is 0 Å². The molecular weight excluding hydrogens is 484 g/mol. The first-order valence-electron chi connectivity index (χ1n) is 12.2. The molecule has 4 rings (SSSR count). The van der Waals surface area contributed by atoms with Crippen molar-refractivity contribution >= 4 is 17.5 Å². The highest BCUT2D eigenvalue weighted by Gasteiger charge is 2.35. The third-order valence-electron chi connectivity index (χ3n) is 6.46. The van der Waals surface area contributed by atoms with Crippen LogP contribution >= 0.6 is 0 Å². The first-order chi connectivity index (χ1) is 18.4. The number of hydrogen-bond donors (Lipinski definition) is 0. The summed E-state index contributed by atoms with van der Waals surface area (Å²) in [7, 11) is 6.42. The first-order valence-corrected chi connectivity index (χ1v) is 12.2. The molecule has 3 aromatic rings. The molecule has 1 amide bonds. The van der Waals surface area contributed by atoms with E-state index in [1.165, 1.54) is 19.1 Å². The van der Waals surface area contributed by atoms with Gasteiger partial charge in [0.1, 0.15) is 28.6 Å². The van der Waals surface area contributed by atoms with Gasteiger partial charge >= 0.3 is 0 Å². The van der Waals surface area contributed by atoms with Crippen LogP contribution in [0.4, 0.5) is 0 Å². The Bertz CT molecular complexity index is 1280. The van der Waals surface area contributed by atoms with Gasteiger partial charge in [0.2, 0.25) is 11.6 Å². The van der Waals surface area contributed by atoms with Crippen LogP contribution in [0.3, 0.4) is 0 Å². The summed E-state index contributed by atoms with van der Waals surface area (Å²) in [6, 6.07) is 19.9. The van der Waals surface area contributed by atoms with Crippen LogP contribution in [-0.4, -0.2) is 68.7 Å². The second-order valence-electron chi connectivity index (χ2n) is 8.77. The molecule has 38 heavy (non-hydrogen) atoms. The van der Waals surface area contributed by atoms with Crippen molar-refractivity contribution in [1.82, 2.24) is 9.80 Å². The lowest BCUT2D eigenvalue weighted by molar-refractivity contribution is 0.0698. The fourth-order valence-electron chi connectivity index (χ4n) is 4.38. The number of ether oxygens (including phenoxy) is 3. The maximum absolute atomic E-state index is 14.0. The number of Topliss-reactive ketones (excluding diaryl/α,β-unsaturated/α-hetero) is 2. The Balaban J connectivity index is 1.86. The number of methoxy groups -OCH3 is 3. The molecule has 8 heteroatoms. The van der Waals surface area contributed by atoms with Crippen molar-refractivity contribution in [3.63, 3.8) is 0 Å². The molecule has 1 fully saturated rings. The molecule has 3 aromatic carbocycles. The average molecular weight is 515 g/mol. The van der Waals surface area contributed by atoms with E-state index < -0.39 is 11.6 Å². The van der Waals surface area contributed by atoms with E-state index in [9.17, 15) is 14.4 Å². The van der Waals surface area contributed by atoms with Crippen molar-refractivity contribution in [2.75, 3.05) is 41.5 Å². The number of ketones is 2. The molecule has 8 nitrogen and oxygen atoms in total. The van der Waals surface area contributed by atoms with Crippen LogP contribution in [0, 0.1) is 0 Å². The van der Waals surface area contributed by atoms with Crippen LogP contribution in [0.5, 0.6) is 17.2 Å². The van der Waals surface area contributed by atoms with E-state index in [4.69, 9.17) is 14.2 Å². The maximum atomic E-state index is 14.0. The van der Waals surface area contributed by atoms with E-state index in [0.29, 0.717) is 53.4 Å². The van der Waals surface area contributed by atoms with Gasteiger partial charge < -0.3 is 19.1 Å². The minimum Gasteiger partial charge on any atom is -0.497 e. The van der Waals surface area contributed by atoms with Crippen molar-refractivity contribution in [3.05, 3.63) is 101 Å². The smallest absolute Gasteiger partial charge is 0.259 e. The molecule has 1 aliphatic heterocycles. The highest BCUT2D eigenvalue weighted by Crippen LogP contribution is 2.29. The summed E-state index contributed by atoms with van der Waals surface area (Å²) in [4.78, 5) is 45.0. The zero-order valence-electron chi connectivity index (χ0n) is 21.9. The van der Waals surface area contributed by atoms with Gasteiger partial charge in [-0.3, -0.25) is 19.3 Å². The molecule has 0 radical (unpaired) electrons. The molecule has 0 N–H and O–H groups in total. The quantitative estimate of drug-likeness (QED) is 0.190. The van der Waals surface area contributed by atoms with Gasteiger partial charge in [-0.1, -0.05) is 0 Å². The summed E-state index contributed by atoms with van der Waals surface area (Å²) in [5.74, 6) is 0.801. The van der Waals surface area contributed by atoms with Gasteiger partial charge in [0.05, 0.1) is 21.3 Å². The SMILES string of the molecule is COc1ccc(C(=O)C(C(=O)c2ccc(OC)cc2)=C2N(C)CCCN2C(=O)c2ccc(OC)cc2)cc1. The Morgan fingerprint density at radius 1 is 0.605 bits per heavy atom. The van der Waals surface area contributed by atoms with Crippen molar-refractivity contribution < 1.29 is 28.6 Å². The van der Waals surface area contributed by atoms with E-state index in [-0.39, 0.29) is 17.3 Å². The largest absolute Gasteiger partial charge is 0.497 e. The third kappa shape index (κ3) is 5.39. The number of amides is 1. The van der Waals surface area contributed by atoms with E-state index in [2.05, 4.69) is 0 Å². The van der Waals surface area contributed by atoms with Crippen LogP contribution in [0.2, 0.25) is 0 Å². The lowest BCUT2D eigenvalue weighted by atomic mass is 9.94.